The molecule has 1 saturated carbocycles. The Bertz CT molecular complexity index is 330. The third-order valence-electron chi connectivity index (χ3n) is 3.23. The Labute approximate surface area is 116 Å². The second-order valence-electron chi connectivity index (χ2n) is 4.92. The summed E-state index contributed by atoms with van der Waals surface area (Å²) < 4.78 is 5.16. The van der Waals surface area contributed by atoms with E-state index in [1.165, 1.54) is 12.8 Å². The van der Waals surface area contributed by atoms with Gasteiger partial charge in [-0.1, -0.05) is 0 Å². The number of carboxylic acids is 1. The van der Waals surface area contributed by atoms with Crippen LogP contribution in [0.2, 0.25) is 0 Å². The maximum absolute atomic E-state index is 11.9. The number of carbonyl (C=O) groups excluding carboxylic acids is 1. The van der Waals surface area contributed by atoms with E-state index in [9.17, 15) is 9.59 Å². The van der Waals surface area contributed by atoms with Crippen LogP contribution in [0.5, 0.6) is 0 Å². The molecule has 0 unspecified atom stereocenters. The highest BCUT2D eigenvalue weighted by Gasteiger charge is 2.26. The zero-order valence-electron chi connectivity index (χ0n) is 10.8. The van der Waals surface area contributed by atoms with Gasteiger partial charge in [0.05, 0.1) is 13.2 Å². The van der Waals surface area contributed by atoms with Gasteiger partial charge in [0.15, 0.2) is 0 Å². The molecule has 1 atom stereocenters. The normalized spacial score (nSPS) is 20.9. The molecule has 2 amide bonds. The smallest absolute Gasteiger partial charge is 0.327 e. The molecule has 19 heavy (non-hydrogen) atoms. The van der Waals surface area contributed by atoms with Gasteiger partial charge in [-0.2, -0.15) is 11.8 Å². The van der Waals surface area contributed by atoms with Crippen LogP contribution in [-0.2, 0) is 9.53 Å². The molecular formula is C12H20N2O4S. The Kier molecular flexibility index (Phi) is 5.33. The number of hydrogen-bond donors (Lipinski definition) is 2. The summed E-state index contributed by atoms with van der Waals surface area (Å²) >= 11 is 1.61. The van der Waals surface area contributed by atoms with Crippen molar-refractivity contribution in [3.05, 3.63) is 0 Å². The van der Waals surface area contributed by atoms with Crippen molar-refractivity contribution in [2.45, 2.75) is 18.9 Å². The van der Waals surface area contributed by atoms with Gasteiger partial charge >= 0.3 is 12.0 Å². The number of urea groups is 1. The van der Waals surface area contributed by atoms with Crippen LogP contribution in [0.15, 0.2) is 0 Å². The molecular weight excluding hydrogens is 268 g/mol. The number of amides is 2. The first kappa shape index (κ1) is 14.5. The molecule has 0 bridgehead atoms. The molecule has 108 valence electrons. The first-order valence-electron chi connectivity index (χ1n) is 6.60. The van der Waals surface area contributed by atoms with Crippen molar-refractivity contribution in [2.24, 2.45) is 5.92 Å². The van der Waals surface area contributed by atoms with Gasteiger partial charge in [-0.05, 0) is 24.5 Å². The van der Waals surface area contributed by atoms with Crippen LogP contribution in [0.25, 0.3) is 0 Å². The number of hydrogen-bond acceptors (Lipinski definition) is 4. The lowest BCUT2D eigenvalue weighted by molar-refractivity contribution is -0.138. The summed E-state index contributed by atoms with van der Waals surface area (Å²) in [6.07, 6.45) is 2.51. The fourth-order valence-electron chi connectivity index (χ4n) is 1.82. The van der Waals surface area contributed by atoms with Crippen molar-refractivity contribution < 1.29 is 19.4 Å². The van der Waals surface area contributed by atoms with Crippen LogP contribution < -0.4 is 5.32 Å². The highest BCUT2D eigenvalue weighted by Crippen LogP contribution is 2.32. The number of morpholine rings is 1. The minimum Gasteiger partial charge on any atom is -0.480 e. The van der Waals surface area contributed by atoms with Crippen molar-refractivity contribution in [3.8, 4) is 0 Å². The minimum atomic E-state index is -0.968. The lowest BCUT2D eigenvalue weighted by Crippen LogP contribution is -2.52. The summed E-state index contributed by atoms with van der Waals surface area (Å²) in [6.45, 7) is 2.07. The fraction of sp³-hybridized carbons (Fsp3) is 0.833. The van der Waals surface area contributed by atoms with E-state index in [2.05, 4.69) is 5.32 Å². The molecule has 2 fully saturated rings. The quantitative estimate of drug-likeness (QED) is 0.749. The highest BCUT2D eigenvalue weighted by atomic mass is 32.2. The number of thioether (sulfide) groups is 1. The van der Waals surface area contributed by atoms with E-state index >= 15 is 0 Å². The summed E-state index contributed by atoms with van der Waals surface area (Å²) in [7, 11) is 0. The number of nitrogens with zero attached hydrogens (tertiary/aromatic N) is 1. The van der Waals surface area contributed by atoms with Crippen molar-refractivity contribution >= 4 is 23.8 Å². The second kappa shape index (κ2) is 7.00. The van der Waals surface area contributed by atoms with Gasteiger partial charge in [0.25, 0.3) is 0 Å². The molecule has 1 aliphatic heterocycles. The average Bonchev–Trinajstić information content (AvgIpc) is 3.22. The monoisotopic (exact) mass is 288 g/mol. The van der Waals surface area contributed by atoms with Crippen LogP contribution in [-0.4, -0.2) is 65.9 Å². The summed E-state index contributed by atoms with van der Waals surface area (Å²) in [6, 6.07) is -1.11. The molecule has 7 heteroatoms. The highest BCUT2D eigenvalue weighted by molar-refractivity contribution is 7.99. The van der Waals surface area contributed by atoms with Crippen molar-refractivity contribution in [1.82, 2.24) is 10.2 Å². The van der Waals surface area contributed by atoms with E-state index in [0.717, 1.165) is 11.7 Å². The van der Waals surface area contributed by atoms with Gasteiger partial charge in [-0.3, -0.25) is 0 Å². The Balaban J connectivity index is 1.73. The molecule has 1 saturated heterocycles. The summed E-state index contributed by atoms with van der Waals surface area (Å²) in [4.78, 5) is 24.6. The first-order chi connectivity index (χ1) is 9.16. The number of nitrogens with one attached hydrogen (secondary N) is 1. The van der Waals surface area contributed by atoms with E-state index in [0.29, 0.717) is 32.1 Å². The summed E-state index contributed by atoms with van der Waals surface area (Å²) in [5.41, 5.74) is 0. The number of carboxylic acid groups (broad SMARTS) is 1. The zero-order valence-corrected chi connectivity index (χ0v) is 11.7. The van der Waals surface area contributed by atoms with Gasteiger partial charge in [0, 0.05) is 18.8 Å². The predicted octanol–water partition coefficient (Wildman–Crippen LogP) is 0.625. The van der Waals surface area contributed by atoms with Gasteiger partial charge in [-0.15, -0.1) is 0 Å². The molecule has 0 aromatic rings. The van der Waals surface area contributed by atoms with E-state index in [4.69, 9.17) is 9.84 Å². The van der Waals surface area contributed by atoms with Crippen LogP contribution in [0.3, 0.4) is 0 Å². The van der Waals surface area contributed by atoms with Crippen molar-refractivity contribution in [3.63, 3.8) is 0 Å². The third kappa shape index (κ3) is 4.91. The molecule has 6 nitrogen and oxygen atoms in total. The number of rotatable bonds is 6. The van der Waals surface area contributed by atoms with Crippen LogP contribution >= 0.6 is 11.8 Å². The number of carbonyl (C=O) groups is 2. The molecule has 0 radical (unpaired) electrons. The predicted molar refractivity (Wildman–Crippen MR) is 72.4 cm³/mol. The third-order valence-corrected chi connectivity index (χ3v) is 4.51. The zero-order chi connectivity index (χ0) is 13.7. The summed E-state index contributed by atoms with van der Waals surface area (Å²) in [5.74, 6) is 1.22. The van der Waals surface area contributed by atoms with Crippen LogP contribution in [0, 0.1) is 5.92 Å². The van der Waals surface area contributed by atoms with Crippen molar-refractivity contribution in [2.75, 3.05) is 37.8 Å². The van der Waals surface area contributed by atoms with Crippen LogP contribution in [0.4, 0.5) is 4.79 Å². The molecule has 1 aliphatic carbocycles. The Morgan fingerprint density at radius 1 is 1.37 bits per heavy atom. The summed E-state index contributed by atoms with van der Waals surface area (Å²) in [5, 5.41) is 11.7. The minimum absolute atomic E-state index is 0.303. The molecule has 0 aromatic carbocycles. The molecule has 2 rings (SSSR count). The molecule has 2 aliphatic rings. The van der Waals surface area contributed by atoms with Crippen molar-refractivity contribution in [1.29, 1.82) is 0 Å². The van der Waals surface area contributed by atoms with Crippen LogP contribution in [0.1, 0.15) is 12.8 Å². The molecule has 0 spiro atoms. The van der Waals surface area contributed by atoms with E-state index in [1.54, 1.807) is 16.7 Å². The Morgan fingerprint density at radius 3 is 2.63 bits per heavy atom. The molecule has 0 aromatic heterocycles. The van der Waals surface area contributed by atoms with Gasteiger partial charge in [0.2, 0.25) is 0 Å². The number of ether oxygens (including phenoxy) is 1. The first-order valence-corrected chi connectivity index (χ1v) is 7.76. The van der Waals surface area contributed by atoms with E-state index in [-0.39, 0.29) is 6.03 Å². The standard InChI is InChI=1S/C12H20N2O4S/c15-11(16)10(8-19-7-9-1-2-9)13-12(17)14-3-5-18-6-4-14/h9-10H,1-8H2,(H,13,17)(H,15,16)/t10-/m0/s1. The van der Waals surface area contributed by atoms with E-state index in [1.807, 2.05) is 0 Å². The topological polar surface area (TPSA) is 78.9 Å². The average molecular weight is 288 g/mol. The lowest BCUT2D eigenvalue weighted by atomic mass is 10.3. The van der Waals surface area contributed by atoms with E-state index < -0.39 is 12.0 Å². The van der Waals surface area contributed by atoms with Gasteiger partial charge in [0.1, 0.15) is 6.04 Å². The fourth-order valence-corrected chi connectivity index (χ4v) is 3.08. The number of aliphatic carboxylic acids is 1. The SMILES string of the molecule is O=C(O)[C@H](CSCC1CC1)NC(=O)N1CCOCC1. The molecule has 2 N–H and O–H groups in total. The Hall–Kier alpha value is -0.950. The maximum Gasteiger partial charge on any atom is 0.327 e. The molecule has 1 heterocycles. The van der Waals surface area contributed by atoms with Gasteiger partial charge < -0.3 is 20.1 Å². The Morgan fingerprint density at radius 2 is 2.05 bits per heavy atom. The lowest BCUT2D eigenvalue weighted by Gasteiger charge is -2.28. The maximum atomic E-state index is 11.9. The van der Waals surface area contributed by atoms with Gasteiger partial charge in [-0.25, -0.2) is 9.59 Å². The largest absolute Gasteiger partial charge is 0.480 e. The second-order valence-corrected chi connectivity index (χ2v) is 6.00.